The molecule has 1 N–H and O–H groups in total. The quantitative estimate of drug-likeness (QED) is 0.606. The third-order valence-electron chi connectivity index (χ3n) is 4.21. The number of nitrogens with zero attached hydrogens (tertiary/aromatic N) is 1. The molecule has 0 saturated heterocycles. The molecule has 7 heteroatoms. The van der Waals surface area contributed by atoms with Gasteiger partial charge in [0.05, 0.1) is 4.90 Å². The molecule has 0 unspecified atom stereocenters. The zero-order chi connectivity index (χ0) is 20.3. The van der Waals surface area contributed by atoms with Crippen LogP contribution >= 0.6 is 15.9 Å². The van der Waals surface area contributed by atoms with Gasteiger partial charge in [-0.2, -0.15) is 0 Å². The molecule has 3 aromatic rings. The van der Waals surface area contributed by atoms with Crippen molar-refractivity contribution in [2.75, 3.05) is 19.4 Å². The lowest BCUT2D eigenvalue weighted by atomic mass is 10.0. The van der Waals surface area contributed by atoms with Gasteiger partial charge in [0.1, 0.15) is 0 Å². The number of amides is 1. The Balaban J connectivity index is 1.96. The van der Waals surface area contributed by atoms with E-state index in [1.165, 1.54) is 20.2 Å². The third kappa shape index (κ3) is 4.16. The van der Waals surface area contributed by atoms with E-state index in [2.05, 4.69) is 21.2 Å². The Labute approximate surface area is 173 Å². The van der Waals surface area contributed by atoms with Gasteiger partial charge in [-0.1, -0.05) is 48.5 Å². The second-order valence-electron chi connectivity index (χ2n) is 6.30. The Morgan fingerprint density at radius 3 is 2.25 bits per heavy atom. The molecule has 0 bridgehead atoms. The highest BCUT2D eigenvalue weighted by Gasteiger charge is 2.22. The lowest BCUT2D eigenvalue weighted by Crippen LogP contribution is -2.23. The Bertz CT molecular complexity index is 1110. The number of halogens is 1. The Morgan fingerprint density at radius 1 is 0.929 bits per heavy atom. The number of hydrogen-bond acceptors (Lipinski definition) is 3. The van der Waals surface area contributed by atoms with E-state index in [0.717, 1.165) is 15.4 Å². The minimum absolute atomic E-state index is 0.0431. The fourth-order valence-electron chi connectivity index (χ4n) is 2.70. The number of benzene rings is 3. The van der Waals surface area contributed by atoms with Crippen molar-refractivity contribution in [2.45, 2.75) is 4.90 Å². The molecule has 0 radical (unpaired) electrons. The molecule has 0 fully saturated rings. The molecule has 0 aromatic heterocycles. The maximum atomic E-state index is 12.8. The number of rotatable bonds is 5. The van der Waals surface area contributed by atoms with E-state index in [1.807, 2.05) is 54.6 Å². The van der Waals surface area contributed by atoms with Crippen LogP contribution in [0.1, 0.15) is 10.4 Å². The second kappa shape index (κ2) is 8.26. The van der Waals surface area contributed by atoms with E-state index in [4.69, 9.17) is 0 Å². The number of carbonyl (C=O) groups is 1. The first-order chi connectivity index (χ1) is 13.3. The second-order valence-corrected chi connectivity index (χ2v) is 9.27. The van der Waals surface area contributed by atoms with Crippen LogP contribution in [0.15, 0.2) is 82.2 Å². The van der Waals surface area contributed by atoms with Gasteiger partial charge in [-0.3, -0.25) is 4.79 Å². The normalized spacial score (nSPS) is 11.4. The van der Waals surface area contributed by atoms with Crippen molar-refractivity contribution in [3.8, 4) is 11.1 Å². The first kappa shape index (κ1) is 20.3. The molecule has 144 valence electrons. The van der Waals surface area contributed by atoms with Gasteiger partial charge in [0.2, 0.25) is 10.0 Å². The molecule has 0 aliphatic carbocycles. The van der Waals surface area contributed by atoms with E-state index in [9.17, 15) is 13.2 Å². The summed E-state index contributed by atoms with van der Waals surface area (Å²) in [5.74, 6) is -0.383. The van der Waals surface area contributed by atoms with Crippen molar-refractivity contribution in [3.63, 3.8) is 0 Å². The SMILES string of the molecule is CN(C)S(=O)(=O)c1cc(C(=O)Nc2ccccc2-c2ccccc2)ccc1Br. The average molecular weight is 459 g/mol. The van der Waals surface area contributed by atoms with Gasteiger partial charge in [-0.15, -0.1) is 0 Å². The predicted octanol–water partition coefficient (Wildman–Crippen LogP) is 4.62. The smallest absolute Gasteiger partial charge is 0.255 e. The largest absolute Gasteiger partial charge is 0.321 e. The average Bonchev–Trinajstić information content (AvgIpc) is 2.69. The fraction of sp³-hybridized carbons (Fsp3) is 0.0952. The zero-order valence-electron chi connectivity index (χ0n) is 15.4. The van der Waals surface area contributed by atoms with Crippen LogP contribution in [0.3, 0.4) is 0 Å². The zero-order valence-corrected chi connectivity index (χ0v) is 17.8. The van der Waals surface area contributed by atoms with Gasteiger partial charge in [0.25, 0.3) is 5.91 Å². The summed E-state index contributed by atoms with van der Waals surface area (Å²) in [7, 11) is -0.783. The number of para-hydroxylation sites is 1. The maximum absolute atomic E-state index is 12.8. The number of nitrogens with one attached hydrogen (secondary N) is 1. The summed E-state index contributed by atoms with van der Waals surface area (Å²) in [5, 5.41) is 2.89. The summed E-state index contributed by atoms with van der Waals surface area (Å²) in [4.78, 5) is 12.9. The summed E-state index contributed by atoms with van der Waals surface area (Å²) < 4.78 is 26.5. The van der Waals surface area contributed by atoms with E-state index in [1.54, 1.807) is 12.1 Å². The first-order valence-electron chi connectivity index (χ1n) is 8.48. The molecule has 0 spiro atoms. The summed E-state index contributed by atoms with van der Waals surface area (Å²) >= 11 is 3.26. The van der Waals surface area contributed by atoms with Crippen LogP contribution in [-0.2, 0) is 10.0 Å². The molecule has 3 aromatic carbocycles. The Kier molecular flexibility index (Phi) is 5.98. The maximum Gasteiger partial charge on any atom is 0.255 e. The molecule has 28 heavy (non-hydrogen) atoms. The van der Waals surface area contributed by atoms with Crippen molar-refractivity contribution in [3.05, 3.63) is 82.8 Å². The lowest BCUT2D eigenvalue weighted by molar-refractivity contribution is 0.102. The molecular weight excluding hydrogens is 440 g/mol. The molecule has 0 atom stereocenters. The molecule has 3 rings (SSSR count). The monoisotopic (exact) mass is 458 g/mol. The van der Waals surface area contributed by atoms with Gasteiger partial charge >= 0.3 is 0 Å². The highest BCUT2D eigenvalue weighted by atomic mass is 79.9. The first-order valence-corrected chi connectivity index (χ1v) is 10.7. The van der Waals surface area contributed by atoms with Crippen molar-refractivity contribution in [1.82, 2.24) is 4.31 Å². The highest BCUT2D eigenvalue weighted by Crippen LogP contribution is 2.29. The van der Waals surface area contributed by atoms with Crippen molar-refractivity contribution in [1.29, 1.82) is 0 Å². The van der Waals surface area contributed by atoms with Crippen LogP contribution in [0.25, 0.3) is 11.1 Å². The van der Waals surface area contributed by atoms with Crippen LogP contribution in [0, 0.1) is 0 Å². The molecule has 0 aliphatic rings. The number of carbonyl (C=O) groups excluding carboxylic acids is 1. The summed E-state index contributed by atoms with van der Waals surface area (Å²) in [6, 6.07) is 21.7. The topological polar surface area (TPSA) is 66.5 Å². The minimum Gasteiger partial charge on any atom is -0.321 e. The van der Waals surface area contributed by atoms with Crippen molar-refractivity contribution < 1.29 is 13.2 Å². The molecule has 5 nitrogen and oxygen atoms in total. The number of hydrogen-bond donors (Lipinski definition) is 1. The summed E-state index contributed by atoms with van der Waals surface area (Å²) in [6.45, 7) is 0. The van der Waals surface area contributed by atoms with Crippen LogP contribution in [0.5, 0.6) is 0 Å². The Hall–Kier alpha value is -2.48. The molecule has 0 heterocycles. The van der Waals surface area contributed by atoms with Gasteiger partial charge in [0.15, 0.2) is 0 Å². The van der Waals surface area contributed by atoms with Crippen LogP contribution in [0.2, 0.25) is 0 Å². The Morgan fingerprint density at radius 2 is 1.57 bits per heavy atom. The molecular formula is C21H19BrN2O3S. The lowest BCUT2D eigenvalue weighted by Gasteiger charge is -2.15. The van der Waals surface area contributed by atoms with Crippen LogP contribution in [0.4, 0.5) is 5.69 Å². The molecule has 1 amide bonds. The number of anilines is 1. The molecule has 0 aliphatic heterocycles. The number of sulfonamides is 1. The van der Waals surface area contributed by atoms with Gasteiger partial charge < -0.3 is 5.32 Å². The molecule has 0 saturated carbocycles. The third-order valence-corrected chi connectivity index (χ3v) is 7.02. The van der Waals surface area contributed by atoms with E-state index >= 15 is 0 Å². The summed E-state index contributed by atoms with van der Waals surface area (Å²) in [5.41, 5.74) is 2.77. The van der Waals surface area contributed by atoms with Gasteiger partial charge in [-0.05, 0) is 45.8 Å². The van der Waals surface area contributed by atoms with Gasteiger partial charge in [-0.25, -0.2) is 12.7 Å². The van der Waals surface area contributed by atoms with Crippen molar-refractivity contribution in [2.24, 2.45) is 0 Å². The van der Waals surface area contributed by atoms with Gasteiger partial charge in [0, 0.05) is 35.4 Å². The van der Waals surface area contributed by atoms with E-state index < -0.39 is 10.0 Å². The minimum atomic E-state index is -3.68. The predicted molar refractivity (Wildman–Crippen MR) is 115 cm³/mol. The van der Waals surface area contributed by atoms with Crippen molar-refractivity contribution >= 4 is 37.5 Å². The van der Waals surface area contributed by atoms with Crippen LogP contribution < -0.4 is 5.32 Å². The standard InChI is InChI=1S/C21H19BrN2O3S/c1-24(2)28(26,27)20-14-16(12-13-18(20)22)21(25)23-19-11-7-6-10-17(19)15-8-4-3-5-9-15/h3-14H,1-2H3,(H,23,25). The summed E-state index contributed by atoms with van der Waals surface area (Å²) in [6.07, 6.45) is 0. The highest BCUT2D eigenvalue weighted by molar-refractivity contribution is 9.10. The van der Waals surface area contributed by atoms with E-state index in [0.29, 0.717) is 10.2 Å². The van der Waals surface area contributed by atoms with Crippen LogP contribution in [-0.4, -0.2) is 32.7 Å². The fourth-order valence-corrected chi connectivity index (χ4v) is 4.54. The van der Waals surface area contributed by atoms with E-state index in [-0.39, 0.29) is 16.4 Å².